The van der Waals surface area contributed by atoms with Crippen LogP contribution in [-0.4, -0.2) is 0 Å². The molecular weight excluding hydrogens is 296 g/mol. The maximum atomic E-state index is 5.75. The highest BCUT2D eigenvalue weighted by molar-refractivity contribution is 9.09. The van der Waals surface area contributed by atoms with Gasteiger partial charge in [-0.1, -0.05) is 15.9 Å². The third-order valence-corrected chi connectivity index (χ3v) is 4.33. The first-order valence-corrected chi connectivity index (χ1v) is 6.65. The first-order chi connectivity index (χ1) is 7.08. The van der Waals surface area contributed by atoms with Crippen molar-refractivity contribution in [3.8, 4) is 0 Å². The molecule has 0 aromatic carbocycles. The van der Waals surface area contributed by atoms with Crippen molar-refractivity contribution in [2.24, 2.45) is 0 Å². The van der Waals surface area contributed by atoms with Gasteiger partial charge in [-0.2, -0.15) is 0 Å². The summed E-state index contributed by atoms with van der Waals surface area (Å²) in [5.74, 6) is 0.848. The highest BCUT2D eigenvalue weighted by Gasteiger charge is 2.18. The molecule has 0 N–H and O–H groups in total. The van der Waals surface area contributed by atoms with Crippen LogP contribution in [0.5, 0.6) is 0 Å². The van der Waals surface area contributed by atoms with Gasteiger partial charge in [-0.3, -0.25) is 0 Å². The summed E-state index contributed by atoms with van der Waals surface area (Å²) in [5.41, 5.74) is 1.25. The second-order valence-electron chi connectivity index (χ2n) is 3.37. The molecule has 2 aromatic rings. The average molecular weight is 306 g/mol. The molecule has 15 heavy (non-hydrogen) atoms. The molecule has 2 aromatic heterocycles. The lowest BCUT2D eigenvalue weighted by Crippen LogP contribution is -1.89. The van der Waals surface area contributed by atoms with E-state index in [-0.39, 0.29) is 4.83 Å². The number of hydrogen-bond acceptors (Lipinski definition) is 2. The zero-order chi connectivity index (χ0) is 11.0. The van der Waals surface area contributed by atoms with Crippen LogP contribution in [0.25, 0.3) is 0 Å². The van der Waals surface area contributed by atoms with Crippen molar-refractivity contribution in [2.75, 3.05) is 0 Å². The molecule has 1 nitrogen and oxygen atoms in total. The Balaban J connectivity index is 2.35. The van der Waals surface area contributed by atoms with E-state index in [0.29, 0.717) is 5.22 Å². The standard InChI is InChI=1S/C11H10BrClOS/c1-6-5-8(7(2)15-6)11(12)9-3-4-10(13)14-9/h3-5,11H,1-2H3. The van der Waals surface area contributed by atoms with Gasteiger partial charge in [0.05, 0.1) is 4.83 Å². The molecule has 0 saturated heterocycles. The Morgan fingerprint density at radius 3 is 2.60 bits per heavy atom. The number of halogens is 2. The summed E-state index contributed by atoms with van der Waals surface area (Å²) in [6, 6.07) is 5.84. The summed E-state index contributed by atoms with van der Waals surface area (Å²) < 4.78 is 5.39. The van der Waals surface area contributed by atoms with Crippen LogP contribution >= 0.6 is 38.9 Å². The van der Waals surface area contributed by atoms with E-state index >= 15 is 0 Å². The fourth-order valence-electron chi connectivity index (χ4n) is 1.52. The normalized spacial score (nSPS) is 13.1. The molecule has 0 aliphatic rings. The molecular formula is C11H10BrClOS. The SMILES string of the molecule is Cc1cc(C(Br)c2ccc(Cl)o2)c(C)s1. The first-order valence-electron chi connectivity index (χ1n) is 4.54. The van der Waals surface area contributed by atoms with E-state index < -0.39 is 0 Å². The summed E-state index contributed by atoms with van der Waals surface area (Å²) in [4.78, 5) is 2.71. The Kier molecular flexibility index (Phi) is 3.24. The van der Waals surface area contributed by atoms with Crippen LogP contribution in [-0.2, 0) is 0 Å². The van der Waals surface area contributed by atoms with E-state index in [4.69, 9.17) is 16.0 Å². The van der Waals surface area contributed by atoms with Crippen LogP contribution in [0.1, 0.15) is 25.9 Å². The molecule has 0 radical (unpaired) electrons. The van der Waals surface area contributed by atoms with E-state index in [1.165, 1.54) is 15.3 Å². The first kappa shape index (κ1) is 11.2. The molecule has 4 heteroatoms. The zero-order valence-corrected chi connectivity index (χ0v) is 11.5. The van der Waals surface area contributed by atoms with E-state index in [1.54, 1.807) is 17.4 Å². The van der Waals surface area contributed by atoms with Crippen LogP contribution in [0.15, 0.2) is 22.6 Å². The monoisotopic (exact) mass is 304 g/mol. The van der Waals surface area contributed by atoms with Gasteiger partial charge in [-0.25, -0.2) is 0 Å². The fraction of sp³-hybridized carbons (Fsp3) is 0.273. The third-order valence-electron chi connectivity index (χ3n) is 2.20. The summed E-state index contributed by atoms with van der Waals surface area (Å²) in [6.45, 7) is 4.22. The lowest BCUT2D eigenvalue weighted by atomic mass is 10.1. The Morgan fingerprint density at radius 1 is 1.40 bits per heavy atom. The van der Waals surface area contributed by atoms with Crippen molar-refractivity contribution in [1.82, 2.24) is 0 Å². The number of alkyl halides is 1. The quantitative estimate of drug-likeness (QED) is 0.704. The van der Waals surface area contributed by atoms with Crippen LogP contribution in [0, 0.1) is 13.8 Å². The van der Waals surface area contributed by atoms with Gasteiger partial charge in [0.25, 0.3) is 0 Å². The van der Waals surface area contributed by atoms with Gasteiger partial charge in [0.1, 0.15) is 5.76 Å². The second-order valence-corrected chi connectivity index (χ2v) is 6.12. The molecule has 0 saturated carbocycles. The highest BCUT2D eigenvalue weighted by atomic mass is 79.9. The van der Waals surface area contributed by atoms with Crippen molar-refractivity contribution >= 4 is 38.9 Å². The number of rotatable bonds is 2. The van der Waals surface area contributed by atoms with Gasteiger partial charge in [0, 0.05) is 9.75 Å². The van der Waals surface area contributed by atoms with Crippen molar-refractivity contribution in [2.45, 2.75) is 18.7 Å². The van der Waals surface area contributed by atoms with Gasteiger partial charge >= 0.3 is 0 Å². The molecule has 0 aliphatic heterocycles. The average Bonchev–Trinajstić information content (AvgIpc) is 2.71. The molecule has 1 atom stereocenters. The summed E-state index contributed by atoms with van der Waals surface area (Å²) in [7, 11) is 0. The van der Waals surface area contributed by atoms with Gasteiger partial charge in [0.15, 0.2) is 5.22 Å². The van der Waals surface area contributed by atoms with Crippen LogP contribution < -0.4 is 0 Å². The molecule has 80 valence electrons. The Hall–Kier alpha value is -0.250. The van der Waals surface area contributed by atoms with Gasteiger partial charge < -0.3 is 4.42 Å². The second kappa shape index (κ2) is 4.32. The summed E-state index contributed by atoms with van der Waals surface area (Å²) in [6.07, 6.45) is 0. The topological polar surface area (TPSA) is 13.1 Å². The smallest absolute Gasteiger partial charge is 0.193 e. The van der Waals surface area contributed by atoms with E-state index in [1.807, 2.05) is 6.07 Å². The third kappa shape index (κ3) is 2.30. The summed E-state index contributed by atoms with van der Waals surface area (Å²) >= 11 is 11.2. The Morgan fingerprint density at radius 2 is 2.13 bits per heavy atom. The largest absolute Gasteiger partial charge is 0.448 e. The van der Waals surface area contributed by atoms with Crippen molar-refractivity contribution in [3.63, 3.8) is 0 Å². The molecule has 0 amide bonds. The van der Waals surface area contributed by atoms with Gasteiger partial charge in [0.2, 0.25) is 0 Å². The van der Waals surface area contributed by atoms with Crippen molar-refractivity contribution in [3.05, 3.63) is 44.5 Å². The predicted molar refractivity (Wildman–Crippen MR) is 68.3 cm³/mol. The maximum absolute atomic E-state index is 5.75. The van der Waals surface area contributed by atoms with Crippen LogP contribution in [0.2, 0.25) is 5.22 Å². The maximum Gasteiger partial charge on any atom is 0.193 e. The zero-order valence-electron chi connectivity index (χ0n) is 8.38. The van der Waals surface area contributed by atoms with E-state index in [2.05, 4.69) is 35.8 Å². The molecule has 0 aliphatic carbocycles. The lowest BCUT2D eigenvalue weighted by Gasteiger charge is -2.05. The van der Waals surface area contributed by atoms with Crippen molar-refractivity contribution < 1.29 is 4.42 Å². The number of furan rings is 1. The molecule has 0 fully saturated rings. The number of aryl methyl sites for hydroxylation is 2. The minimum Gasteiger partial charge on any atom is -0.448 e. The number of thiophene rings is 1. The molecule has 1 unspecified atom stereocenters. The van der Waals surface area contributed by atoms with E-state index in [0.717, 1.165) is 5.76 Å². The highest BCUT2D eigenvalue weighted by Crippen LogP contribution is 2.37. The molecule has 0 spiro atoms. The molecule has 2 rings (SSSR count). The van der Waals surface area contributed by atoms with Gasteiger partial charge in [-0.15, -0.1) is 11.3 Å². The van der Waals surface area contributed by atoms with Crippen molar-refractivity contribution in [1.29, 1.82) is 0 Å². The minimum atomic E-state index is 0.0925. The Bertz CT molecular complexity index is 475. The minimum absolute atomic E-state index is 0.0925. The lowest BCUT2D eigenvalue weighted by molar-refractivity contribution is 0.521. The van der Waals surface area contributed by atoms with E-state index in [9.17, 15) is 0 Å². The van der Waals surface area contributed by atoms with Crippen LogP contribution in [0.3, 0.4) is 0 Å². The molecule has 0 bridgehead atoms. The number of hydrogen-bond donors (Lipinski definition) is 0. The Labute approximate surface area is 106 Å². The summed E-state index contributed by atoms with van der Waals surface area (Å²) in [5, 5.41) is 0.430. The van der Waals surface area contributed by atoms with Crippen LogP contribution in [0.4, 0.5) is 0 Å². The van der Waals surface area contributed by atoms with Gasteiger partial charge in [-0.05, 0) is 49.2 Å². The fourth-order valence-corrected chi connectivity index (χ4v) is 3.51. The predicted octanol–water partition coefficient (Wildman–Crippen LogP) is 5.10. The molecule has 2 heterocycles.